The average Bonchev–Trinajstić information content (AvgIpc) is 3.84. The topological polar surface area (TPSA) is 129 Å². The molecule has 8 heterocycles. The summed E-state index contributed by atoms with van der Waals surface area (Å²) in [6.45, 7) is 18.6. The van der Waals surface area contributed by atoms with E-state index in [1.807, 2.05) is 54.6 Å². The van der Waals surface area contributed by atoms with E-state index in [9.17, 15) is 9.59 Å². The fraction of sp³-hybridized carbons (Fsp3) is 0.517. The highest BCUT2D eigenvalue weighted by molar-refractivity contribution is 6.09. The average molecular weight is 947 g/mol. The zero-order chi connectivity index (χ0) is 46.6. The van der Waals surface area contributed by atoms with Crippen LogP contribution in [0.4, 0.5) is 0 Å². The van der Waals surface area contributed by atoms with E-state index in [2.05, 4.69) is 78.3 Å². The molecule has 6 aliphatic rings. The maximum Gasteiger partial charge on any atom is 0.267 e. The number of H-pyrrole nitrogens is 2. The number of rotatable bonds is 12. The molecule has 6 fully saturated rings. The number of amides is 2. The lowest BCUT2D eigenvalue weighted by Gasteiger charge is -2.25. The summed E-state index contributed by atoms with van der Waals surface area (Å²) in [5, 5.41) is 10.7. The highest BCUT2D eigenvalue weighted by Crippen LogP contribution is 2.47. The van der Waals surface area contributed by atoms with Crippen LogP contribution in [0.15, 0.2) is 87.7 Å². The molecule has 2 amide bonds. The van der Waals surface area contributed by atoms with Gasteiger partial charge in [-0.25, -0.2) is 0 Å². The third kappa shape index (κ3) is 9.69. The smallest absolute Gasteiger partial charge is 0.267 e. The third-order valence-electron chi connectivity index (χ3n) is 16.7. The van der Waals surface area contributed by atoms with Crippen molar-refractivity contribution in [2.75, 3.05) is 78.5 Å². The lowest BCUT2D eigenvalue weighted by molar-refractivity contribution is 0.0930. The number of carbonyl (C=O) groups excluding carboxylic acids is 2. The summed E-state index contributed by atoms with van der Waals surface area (Å²) in [4.78, 5) is 43.2. The molecule has 4 saturated heterocycles. The summed E-state index contributed by atoms with van der Waals surface area (Å²) in [6, 6.07) is 27.0. The van der Waals surface area contributed by atoms with Gasteiger partial charge in [-0.05, 0) is 124 Å². The molecule has 0 spiro atoms. The Morgan fingerprint density at radius 3 is 1.47 bits per heavy atom. The standard InChI is InChI=1S/C30H34N4O2.C27H36N4O2.CH4/c35-30(32-28-23-18-34(19-24(23)28)15-14-33-12-6-1-2-7-13-33)26-17-22-25(31-26)11-10-21-16-27(36-29(21)22)20-8-4-3-5-9-20;1-17(2)24-13-18-7-8-22-19(26(18)33-24)14-23(28-22)27(32)29-25-20-15-31(16-21(20)25)12-11-30-9-5-3-4-6-10-30;/h3-5,8-11,16-17,23-24,28,31H,1-2,6-7,12-15,18-19H2,(H,32,35);7-8,13-14,17,20-21,25,28H,3-6,9-12,15-16H2,1-2H3,(H,29,32);1H4/t23-,24+,28?;20-,21+,25?;. The maximum atomic E-state index is 13.1. The highest BCUT2D eigenvalue weighted by Gasteiger charge is 2.57. The SMILES string of the molecule is C.CC(C)c1cc2ccc3[nH]c(C(=O)NC4[C@H]5CN(CCN6CCCCCC6)C[C@@H]45)cc3c2o1.O=C(NC1[C@H]2CN(CCN3CCCCCC3)C[C@@H]12)c1cc2c(ccc3cc(-c4ccccc4)oc32)[nH]1. The van der Waals surface area contributed by atoms with Gasteiger partial charge in [-0.2, -0.15) is 0 Å². The first-order valence-electron chi connectivity index (χ1n) is 26.5. The summed E-state index contributed by atoms with van der Waals surface area (Å²) in [5.74, 6) is 4.61. The molecule has 2 aliphatic carbocycles. The predicted octanol–water partition coefficient (Wildman–Crippen LogP) is 10.3. The monoisotopic (exact) mass is 947 g/mol. The molecule has 3 aromatic carbocycles. The van der Waals surface area contributed by atoms with Crippen LogP contribution in [0.25, 0.3) is 55.1 Å². The predicted molar refractivity (Wildman–Crippen MR) is 282 cm³/mol. The minimum Gasteiger partial charge on any atom is -0.460 e. The molecule has 7 aromatic rings. The quantitative estimate of drug-likeness (QED) is 0.0954. The van der Waals surface area contributed by atoms with Crippen LogP contribution in [0.5, 0.6) is 0 Å². The fourth-order valence-corrected chi connectivity index (χ4v) is 12.5. The van der Waals surface area contributed by atoms with Crippen molar-refractivity contribution < 1.29 is 18.4 Å². The molecule has 6 atom stereocenters. The second-order valence-corrected chi connectivity index (χ2v) is 21.7. The van der Waals surface area contributed by atoms with E-state index >= 15 is 0 Å². The van der Waals surface area contributed by atoms with E-state index in [0.29, 0.717) is 53.1 Å². The number of fused-ring (bicyclic) bond motifs is 8. The Morgan fingerprint density at radius 1 is 0.557 bits per heavy atom. The lowest BCUT2D eigenvalue weighted by atomic mass is 10.1. The molecular formula is C58H74N8O4. The van der Waals surface area contributed by atoms with Crippen molar-refractivity contribution in [1.82, 2.24) is 40.2 Å². The van der Waals surface area contributed by atoms with E-state index in [-0.39, 0.29) is 19.2 Å². The minimum atomic E-state index is -0.00953. The number of aromatic nitrogens is 2. The van der Waals surface area contributed by atoms with Gasteiger partial charge in [-0.1, -0.05) is 77.3 Å². The molecule has 0 bridgehead atoms. The summed E-state index contributed by atoms with van der Waals surface area (Å²) in [6.07, 6.45) is 11.0. The first-order chi connectivity index (χ1) is 33.8. The van der Waals surface area contributed by atoms with Crippen molar-refractivity contribution in [2.24, 2.45) is 23.7 Å². The molecule has 4 aromatic heterocycles. The molecule has 12 nitrogen and oxygen atoms in total. The molecule has 4 N–H and O–H groups in total. The highest BCUT2D eigenvalue weighted by atomic mass is 16.3. The van der Waals surface area contributed by atoms with Crippen molar-refractivity contribution in [3.8, 4) is 11.3 Å². The number of aromatic amines is 2. The van der Waals surface area contributed by atoms with Crippen LogP contribution in [-0.2, 0) is 0 Å². The minimum absolute atomic E-state index is 0. The Kier molecular flexibility index (Phi) is 13.4. The second-order valence-electron chi connectivity index (χ2n) is 21.7. The molecule has 0 radical (unpaired) electrons. The van der Waals surface area contributed by atoms with Crippen LogP contribution in [0, 0.1) is 23.7 Å². The number of piperidine rings is 2. The Labute approximate surface area is 412 Å². The normalized spacial score (nSPS) is 25.1. The molecule has 2 saturated carbocycles. The Balaban J connectivity index is 0.000000151. The summed E-state index contributed by atoms with van der Waals surface area (Å²) in [5.41, 5.74) is 5.86. The Morgan fingerprint density at radius 2 is 1.00 bits per heavy atom. The second kappa shape index (κ2) is 20.0. The number of nitrogens with one attached hydrogen (secondary N) is 4. The van der Waals surface area contributed by atoms with Crippen LogP contribution in [-0.4, -0.2) is 132 Å². The van der Waals surface area contributed by atoms with Crippen molar-refractivity contribution >= 4 is 55.6 Å². The van der Waals surface area contributed by atoms with Gasteiger partial charge >= 0.3 is 0 Å². The lowest BCUT2D eigenvalue weighted by Crippen LogP contribution is -2.39. The third-order valence-corrected chi connectivity index (χ3v) is 16.7. The summed E-state index contributed by atoms with van der Waals surface area (Å²) >= 11 is 0. The Hall–Kier alpha value is -5.40. The first kappa shape index (κ1) is 47.0. The molecule has 13 rings (SSSR count). The molecule has 4 aliphatic heterocycles. The van der Waals surface area contributed by atoms with E-state index < -0.39 is 0 Å². The van der Waals surface area contributed by atoms with Crippen LogP contribution >= 0.6 is 0 Å². The zero-order valence-electron chi connectivity index (χ0n) is 40.6. The number of benzene rings is 3. The number of hydrogen-bond donors (Lipinski definition) is 4. The van der Waals surface area contributed by atoms with Crippen LogP contribution in [0.1, 0.15) is 105 Å². The molecule has 70 heavy (non-hydrogen) atoms. The van der Waals surface area contributed by atoms with Crippen LogP contribution < -0.4 is 10.6 Å². The molecule has 2 unspecified atom stereocenters. The maximum absolute atomic E-state index is 13.1. The van der Waals surface area contributed by atoms with E-state index in [1.165, 1.54) is 104 Å². The van der Waals surface area contributed by atoms with Gasteiger partial charge in [0.15, 0.2) is 0 Å². The Bertz CT molecular complexity index is 2910. The van der Waals surface area contributed by atoms with Gasteiger partial charge in [-0.15, -0.1) is 0 Å². The fourth-order valence-electron chi connectivity index (χ4n) is 12.5. The van der Waals surface area contributed by atoms with Gasteiger partial charge in [0.05, 0.1) is 0 Å². The number of likely N-dealkylation sites (tertiary alicyclic amines) is 4. The summed E-state index contributed by atoms with van der Waals surface area (Å²) in [7, 11) is 0. The van der Waals surface area contributed by atoms with Crippen molar-refractivity contribution in [1.29, 1.82) is 0 Å². The van der Waals surface area contributed by atoms with Gasteiger partial charge in [0.1, 0.15) is 34.1 Å². The van der Waals surface area contributed by atoms with E-state index in [1.54, 1.807) is 0 Å². The van der Waals surface area contributed by atoms with Crippen molar-refractivity contribution in [2.45, 2.75) is 90.6 Å². The van der Waals surface area contributed by atoms with Gasteiger partial charge in [0.25, 0.3) is 11.8 Å². The zero-order valence-corrected chi connectivity index (χ0v) is 40.6. The molecule has 12 heteroatoms. The molecule has 370 valence electrons. The number of carbonyl (C=O) groups is 2. The van der Waals surface area contributed by atoms with Gasteiger partial charge in [0, 0.05) is 109 Å². The van der Waals surface area contributed by atoms with Crippen molar-refractivity contribution in [3.63, 3.8) is 0 Å². The van der Waals surface area contributed by atoms with Gasteiger partial charge in [-0.3, -0.25) is 9.59 Å². The summed E-state index contributed by atoms with van der Waals surface area (Å²) < 4.78 is 12.4. The molecular weight excluding hydrogens is 873 g/mol. The number of nitrogens with zero attached hydrogens (tertiary/aromatic N) is 4. The first-order valence-corrected chi connectivity index (χ1v) is 26.5. The van der Waals surface area contributed by atoms with E-state index in [0.717, 1.165) is 87.0 Å². The largest absolute Gasteiger partial charge is 0.460 e. The van der Waals surface area contributed by atoms with Crippen LogP contribution in [0.3, 0.4) is 0 Å². The number of furan rings is 2. The number of hydrogen-bond acceptors (Lipinski definition) is 8. The van der Waals surface area contributed by atoms with E-state index in [4.69, 9.17) is 8.83 Å². The van der Waals surface area contributed by atoms with Gasteiger partial charge in [0.2, 0.25) is 0 Å². The van der Waals surface area contributed by atoms with Crippen LogP contribution in [0.2, 0.25) is 0 Å². The van der Waals surface area contributed by atoms with Crippen molar-refractivity contribution in [3.05, 3.63) is 96.0 Å². The van der Waals surface area contributed by atoms with Gasteiger partial charge < -0.3 is 49.0 Å².